The highest BCUT2D eigenvalue weighted by atomic mass is 32.2. The molecule has 1 aromatic heterocycles. The average molecular weight is 591 g/mol. The molecule has 5 aromatic rings. The summed E-state index contributed by atoms with van der Waals surface area (Å²) >= 11 is 0. The molecule has 2 N–H and O–H groups in total. The predicted molar refractivity (Wildman–Crippen MR) is 148 cm³/mol. The van der Waals surface area contributed by atoms with Crippen molar-refractivity contribution >= 4 is 25.6 Å². The van der Waals surface area contributed by atoms with Gasteiger partial charge in [0.1, 0.15) is 27.6 Å². The Balaban J connectivity index is 1.65. The van der Waals surface area contributed by atoms with E-state index in [0.717, 1.165) is 0 Å². The van der Waals surface area contributed by atoms with Crippen molar-refractivity contribution in [1.29, 1.82) is 0 Å². The number of ether oxygens (including phenoxy) is 2. The van der Waals surface area contributed by atoms with Crippen molar-refractivity contribution < 1.29 is 31.4 Å². The Morgan fingerprint density at radius 3 is 2.00 bits per heavy atom. The van der Waals surface area contributed by atoms with Crippen LogP contribution in [0.5, 0.6) is 29.0 Å². The third kappa shape index (κ3) is 5.66. The molecule has 0 radical (unpaired) electrons. The second-order valence-electron chi connectivity index (χ2n) is 8.39. The summed E-state index contributed by atoms with van der Waals surface area (Å²) < 4.78 is 66.3. The number of para-hydroxylation sites is 2. The number of rotatable bonds is 9. The molecule has 4 aromatic carbocycles. The van der Waals surface area contributed by atoms with Gasteiger partial charge < -0.3 is 19.9 Å². The van der Waals surface area contributed by atoms with Gasteiger partial charge in [0.25, 0.3) is 0 Å². The largest absolute Gasteiger partial charge is 0.508 e. The first kappa shape index (κ1) is 27.6. The topological polar surface area (TPSA) is 158 Å². The quantitative estimate of drug-likeness (QED) is 0.241. The van der Waals surface area contributed by atoms with Crippen LogP contribution >= 0.6 is 0 Å². The molecule has 0 aliphatic carbocycles. The lowest BCUT2D eigenvalue weighted by Crippen LogP contribution is -2.08. The average Bonchev–Trinajstić information content (AvgIpc) is 2.99. The van der Waals surface area contributed by atoms with Crippen molar-refractivity contribution in [2.45, 2.75) is 19.6 Å². The number of benzene rings is 4. The van der Waals surface area contributed by atoms with Gasteiger partial charge in [-0.2, -0.15) is 9.97 Å². The van der Waals surface area contributed by atoms with Crippen LogP contribution in [-0.2, 0) is 19.7 Å². The van der Waals surface area contributed by atoms with Crippen LogP contribution < -0.4 is 14.8 Å². The first-order valence-corrected chi connectivity index (χ1v) is 15.0. The van der Waals surface area contributed by atoms with Crippen LogP contribution in [0.3, 0.4) is 0 Å². The molecular formula is C28H22N4O7S2. The Bertz CT molecular complexity index is 1920. The molecule has 0 aliphatic heterocycles. The summed E-state index contributed by atoms with van der Waals surface area (Å²) in [4.78, 5) is 11.5. The maximum atomic E-state index is 13.7. The summed E-state index contributed by atoms with van der Waals surface area (Å²) in [5, 5.41) is 12.3. The molecule has 0 bridgehead atoms. The molecule has 1 heterocycles. The fourth-order valence-electron chi connectivity index (χ4n) is 3.78. The minimum absolute atomic E-state index is 0.00358. The zero-order valence-corrected chi connectivity index (χ0v) is 23.0. The van der Waals surface area contributed by atoms with E-state index in [4.69, 9.17) is 9.47 Å². The molecule has 0 saturated carbocycles. The molecule has 208 valence electrons. The first-order valence-electron chi connectivity index (χ1n) is 12.0. The van der Waals surface area contributed by atoms with Crippen LogP contribution in [0.15, 0.2) is 123 Å². The van der Waals surface area contributed by atoms with Crippen molar-refractivity contribution in [2.75, 3.05) is 12.4 Å². The lowest BCUT2D eigenvalue weighted by Gasteiger charge is -2.17. The standard InChI is InChI=1S/C28H22N4O7S2/c1-29-27-30-18-31-28(32-27)39-26-23(11-7-13-25(26)41(36,37)20-8-3-2-4-9-20)38-22-10-5-6-12-24(22)40(34,35)21-16-14-19(33)15-17-21/h2-18,33H,1H3,(H,29,30,31,32). The molecule has 41 heavy (non-hydrogen) atoms. The second-order valence-corrected chi connectivity index (χ2v) is 12.2. The van der Waals surface area contributed by atoms with E-state index in [1.54, 1.807) is 31.3 Å². The molecule has 0 atom stereocenters. The van der Waals surface area contributed by atoms with Crippen molar-refractivity contribution in [3.05, 3.63) is 103 Å². The van der Waals surface area contributed by atoms with E-state index >= 15 is 0 Å². The maximum absolute atomic E-state index is 13.7. The summed E-state index contributed by atoms with van der Waals surface area (Å²) in [6, 6.07) is 22.7. The first-order chi connectivity index (χ1) is 19.7. The third-order valence-electron chi connectivity index (χ3n) is 5.76. The van der Waals surface area contributed by atoms with Crippen LogP contribution in [0.1, 0.15) is 0 Å². The zero-order chi connectivity index (χ0) is 29.0. The van der Waals surface area contributed by atoms with Crippen molar-refractivity contribution in [3.8, 4) is 29.0 Å². The Morgan fingerprint density at radius 1 is 0.659 bits per heavy atom. The number of hydrogen-bond donors (Lipinski definition) is 2. The maximum Gasteiger partial charge on any atom is 0.326 e. The summed E-state index contributed by atoms with van der Waals surface area (Å²) in [7, 11) is -6.65. The van der Waals surface area contributed by atoms with Crippen molar-refractivity contribution in [3.63, 3.8) is 0 Å². The Labute approximate surface area is 236 Å². The lowest BCUT2D eigenvalue weighted by molar-refractivity contribution is 0.384. The fourth-order valence-corrected chi connectivity index (χ4v) is 6.58. The van der Waals surface area contributed by atoms with E-state index in [1.165, 1.54) is 79.1 Å². The van der Waals surface area contributed by atoms with E-state index in [1.807, 2.05) is 0 Å². The number of aromatic hydroxyl groups is 1. The second kappa shape index (κ2) is 11.2. The van der Waals surface area contributed by atoms with E-state index in [2.05, 4.69) is 20.3 Å². The summed E-state index contributed by atoms with van der Waals surface area (Å²) in [6.07, 6.45) is 1.18. The molecule has 0 saturated heterocycles. The highest BCUT2D eigenvalue weighted by Crippen LogP contribution is 2.43. The molecular weight excluding hydrogens is 568 g/mol. The van der Waals surface area contributed by atoms with E-state index in [0.29, 0.717) is 0 Å². The summed E-state index contributed by atoms with van der Waals surface area (Å²) in [6.45, 7) is 0. The van der Waals surface area contributed by atoms with Gasteiger partial charge in [-0.15, -0.1) is 0 Å². The lowest BCUT2D eigenvalue weighted by atomic mass is 10.3. The number of nitrogens with one attached hydrogen (secondary N) is 1. The summed E-state index contributed by atoms with van der Waals surface area (Å²) in [5.74, 6) is -0.382. The van der Waals surface area contributed by atoms with Crippen LogP contribution in [0.2, 0.25) is 0 Å². The van der Waals surface area contributed by atoms with Gasteiger partial charge in [-0.3, -0.25) is 0 Å². The molecule has 11 nitrogen and oxygen atoms in total. The number of nitrogens with zero attached hydrogens (tertiary/aromatic N) is 3. The van der Waals surface area contributed by atoms with Crippen LogP contribution in [0, 0.1) is 0 Å². The van der Waals surface area contributed by atoms with Crippen molar-refractivity contribution in [2.24, 2.45) is 0 Å². The number of aromatic nitrogens is 3. The van der Waals surface area contributed by atoms with Gasteiger partial charge in [-0.25, -0.2) is 21.8 Å². The predicted octanol–water partition coefficient (Wildman–Crippen LogP) is 4.87. The van der Waals surface area contributed by atoms with Gasteiger partial charge in [0.05, 0.1) is 9.79 Å². The molecule has 0 aliphatic rings. The van der Waals surface area contributed by atoms with Crippen LogP contribution in [-0.4, -0.2) is 43.9 Å². The zero-order valence-electron chi connectivity index (χ0n) is 21.4. The minimum atomic E-state index is -4.14. The number of hydrogen-bond acceptors (Lipinski definition) is 11. The van der Waals surface area contributed by atoms with Gasteiger partial charge in [0, 0.05) is 7.05 Å². The minimum Gasteiger partial charge on any atom is -0.508 e. The fraction of sp³-hybridized carbons (Fsp3) is 0.0357. The Kier molecular flexibility index (Phi) is 7.55. The Hall–Kier alpha value is -5.01. The van der Waals surface area contributed by atoms with Crippen molar-refractivity contribution in [1.82, 2.24) is 15.0 Å². The number of phenolic OH excluding ortho intramolecular Hbond substituents is 1. The normalized spacial score (nSPS) is 11.5. The van der Waals surface area contributed by atoms with E-state index in [9.17, 15) is 21.9 Å². The molecule has 0 spiro atoms. The molecule has 13 heteroatoms. The number of anilines is 1. The van der Waals surface area contributed by atoms with Gasteiger partial charge in [0.2, 0.25) is 25.6 Å². The van der Waals surface area contributed by atoms with E-state index < -0.39 is 19.7 Å². The molecule has 5 rings (SSSR count). The highest BCUT2D eigenvalue weighted by molar-refractivity contribution is 7.92. The van der Waals surface area contributed by atoms with Gasteiger partial charge in [-0.05, 0) is 60.7 Å². The molecule has 0 unspecified atom stereocenters. The highest BCUT2D eigenvalue weighted by Gasteiger charge is 2.28. The third-order valence-corrected chi connectivity index (χ3v) is 9.36. The molecule has 0 amide bonds. The van der Waals surface area contributed by atoms with Gasteiger partial charge >= 0.3 is 6.01 Å². The monoisotopic (exact) mass is 590 g/mol. The number of sulfone groups is 2. The van der Waals surface area contributed by atoms with Gasteiger partial charge in [-0.1, -0.05) is 36.4 Å². The smallest absolute Gasteiger partial charge is 0.326 e. The molecule has 0 fully saturated rings. The SMILES string of the molecule is CNc1ncnc(Oc2c(Oc3ccccc3S(=O)(=O)c3ccc(O)cc3)cccc2S(=O)(=O)c2ccccc2)n1. The van der Waals surface area contributed by atoms with Crippen LogP contribution in [0.4, 0.5) is 5.95 Å². The van der Waals surface area contributed by atoms with E-state index in [-0.39, 0.29) is 54.5 Å². The number of phenols is 1. The Morgan fingerprint density at radius 2 is 1.27 bits per heavy atom. The summed E-state index contributed by atoms with van der Waals surface area (Å²) in [5.41, 5.74) is 0. The van der Waals surface area contributed by atoms with Gasteiger partial charge in [0.15, 0.2) is 11.5 Å². The van der Waals surface area contributed by atoms with Crippen LogP contribution in [0.25, 0.3) is 0 Å².